The van der Waals surface area contributed by atoms with Crippen molar-refractivity contribution in [2.75, 3.05) is 26.8 Å². The van der Waals surface area contributed by atoms with Crippen molar-refractivity contribution in [1.29, 1.82) is 0 Å². The van der Waals surface area contributed by atoms with E-state index >= 15 is 0 Å². The number of hydrogen-bond acceptors (Lipinski definition) is 5. The van der Waals surface area contributed by atoms with E-state index in [1.807, 2.05) is 0 Å². The maximum atomic E-state index is 12.6. The molecule has 0 radical (unpaired) electrons. The molecule has 1 aromatic rings. The van der Waals surface area contributed by atoms with Crippen molar-refractivity contribution in [2.45, 2.75) is 29.5 Å². The molecule has 22 heavy (non-hydrogen) atoms. The van der Waals surface area contributed by atoms with Crippen LogP contribution in [0.3, 0.4) is 0 Å². The van der Waals surface area contributed by atoms with Crippen molar-refractivity contribution in [3.8, 4) is 0 Å². The van der Waals surface area contributed by atoms with Gasteiger partial charge >= 0.3 is 0 Å². The lowest BCUT2D eigenvalue weighted by atomic mass is 10.2. The predicted octanol–water partition coefficient (Wildman–Crippen LogP) is 1.71. The van der Waals surface area contributed by atoms with E-state index in [2.05, 4.69) is 5.32 Å². The fourth-order valence-electron chi connectivity index (χ4n) is 2.39. The number of rotatable bonds is 7. The van der Waals surface area contributed by atoms with Crippen molar-refractivity contribution in [1.82, 2.24) is 9.62 Å². The van der Waals surface area contributed by atoms with Gasteiger partial charge in [0, 0.05) is 26.8 Å². The summed E-state index contributed by atoms with van der Waals surface area (Å²) in [4.78, 5) is 12.2. The first-order valence-corrected chi connectivity index (χ1v) is 9.64. The molecule has 0 saturated carbocycles. The molecule has 2 heterocycles. The summed E-state index contributed by atoms with van der Waals surface area (Å²) >= 11 is 6.82. The first-order chi connectivity index (χ1) is 10.5. The molecule has 1 saturated heterocycles. The summed E-state index contributed by atoms with van der Waals surface area (Å²) in [5, 5.41) is 2.77. The number of ether oxygens (including phenoxy) is 1. The SMILES string of the molecule is COCCCNC(=O)C1CCCN1S(=O)(=O)c1ccc(Cl)s1. The molecule has 1 fully saturated rings. The minimum Gasteiger partial charge on any atom is -0.385 e. The monoisotopic (exact) mass is 366 g/mol. The van der Waals surface area contributed by atoms with Crippen LogP contribution in [0.15, 0.2) is 16.3 Å². The largest absolute Gasteiger partial charge is 0.385 e. The number of hydrogen-bond donors (Lipinski definition) is 1. The van der Waals surface area contributed by atoms with Crippen molar-refractivity contribution >= 4 is 38.9 Å². The lowest BCUT2D eigenvalue weighted by Gasteiger charge is -2.22. The molecule has 0 bridgehead atoms. The highest BCUT2D eigenvalue weighted by Crippen LogP contribution is 2.32. The second kappa shape index (κ2) is 7.74. The molecule has 0 aromatic carbocycles. The van der Waals surface area contributed by atoms with E-state index in [0.717, 1.165) is 11.3 Å². The summed E-state index contributed by atoms with van der Waals surface area (Å²) in [5.41, 5.74) is 0. The Morgan fingerprint density at radius 1 is 1.55 bits per heavy atom. The number of thiophene rings is 1. The van der Waals surface area contributed by atoms with E-state index in [-0.39, 0.29) is 10.1 Å². The molecule has 1 aliphatic heterocycles. The van der Waals surface area contributed by atoms with Gasteiger partial charge in [-0.1, -0.05) is 11.6 Å². The molecular formula is C13H19ClN2O4S2. The maximum Gasteiger partial charge on any atom is 0.253 e. The Kier molecular flexibility index (Phi) is 6.22. The summed E-state index contributed by atoms with van der Waals surface area (Å²) in [6.07, 6.45) is 1.91. The number of nitrogens with one attached hydrogen (secondary N) is 1. The molecule has 2 rings (SSSR count). The van der Waals surface area contributed by atoms with Gasteiger partial charge in [0.05, 0.1) is 4.34 Å². The fraction of sp³-hybridized carbons (Fsp3) is 0.615. The minimum absolute atomic E-state index is 0.177. The van der Waals surface area contributed by atoms with Gasteiger partial charge in [0.2, 0.25) is 5.91 Å². The molecular weight excluding hydrogens is 348 g/mol. The van der Waals surface area contributed by atoms with E-state index in [9.17, 15) is 13.2 Å². The Morgan fingerprint density at radius 2 is 2.32 bits per heavy atom. The molecule has 124 valence electrons. The highest BCUT2D eigenvalue weighted by atomic mass is 35.5. The third-order valence-electron chi connectivity index (χ3n) is 3.44. The van der Waals surface area contributed by atoms with Crippen LogP contribution in [0.25, 0.3) is 0 Å². The molecule has 1 N–H and O–H groups in total. The van der Waals surface area contributed by atoms with Crippen LogP contribution in [-0.2, 0) is 19.6 Å². The average molecular weight is 367 g/mol. The minimum atomic E-state index is -3.67. The van der Waals surface area contributed by atoms with Crippen LogP contribution >= 0.6 is 22.9 Å². The summed E-state index contributed by atoms with van der Waals surface area (Å²) in [5.74, 6) is -0.250. The number of carbonyl (C=O) groups excluding carboxylic acids is 1. The number of nitrogens with zero attached hydrogens (tertiary/aromatic N) is 1. The van der Waals surface area contributed by atoms with Crippen LogP contribution in [0.1, 0.15) is 19.3 Å². The Balaban J connectivity index is 2.05. The molecule has 6 nitrogen and oxygen atoms in total. The topological polar surface area (TPSA) is 75.7 Å². The number of carbonyl (C=O) groups is 1. The normalized spacial score (nSPS) is 19.5. The van der Waals surface area contributed by atoms with Gasteiger partial charge in [0.25, 0.3) is 10.0 Å². The van der Waals surface area contributed by atoms with E-state index in [1.165, 1.54) is 10.4 Å². The van der Waals surface area contributed by atoms with Gasteiger partial charge in [-0.2, -0.15) is 4.31 Å². The molecule has 1 unspecified atom stereocenters. The van der Waals surface area contributed by atoms with E-state index in [4.69, 9.17) is 16.3 Å². The van der Waals surface area contributed by atoms with Gasteiger partial charge in [-0.05, 0) is 31.4 Å². The predicted molar refractivity (Wildman–Crippen MR) is 85.7 cm³/mol. The van der Waals surface area contributed by atoms with Crippen molar-refractivity contribution in [2.24, 2.45) is 0 Å². The number of methoxy groups -OCH3 is 1. The van der Waals surface area contributed by atoms with E-state index < -0.39 is 16.1 Å². The first-order valence-electron chi connectivity index (χ1n) is 7.00. The Labute approximate surface area is 139 Å². The van der Waals surface area contributed by atoms with Crippen LogP contribution in [0.2, 0.25) is 4.34 Å². The fourth-order valence-corrected chi connectivity index (χ4v) is 5.66. The molecule has 0 aliphatic carbocycles. The summed E-state index contributed by atoms with van der Waals surface area (Å²) in [7, 11) is -2.07. The third kappa shape index (κ3) is 3.99. The zero-order valence-corrected chi connectivity index (χ0v) is 14.6. The van der Waals surface area contributed by atoms with Gasteiger partial charge < -0.3 is 10.1 Å². The van der Waals surface area contributed by atoms with Gasteiger partial charge in [-0.25, -0.2) is 8.42 Å². The highest BCUT2D eigenvalue weighted by Gasteiger charge is 2.39. The Bertz CT molecular complexity index is 617. The second-order valence-electron chi connectivity index (χ2n) is 4.97. The lowest BCUT2D eigenvalue weighted by molar-refractivity contribution is -0.124. The Hall–Kier alpha value is -0.670. The van der Waals surface area contributed by atoms with Crippen LogP contribution in [0.4, 0.5) is 0 Å². The smallest absolute Gasteiger partial charge is 0.253 e. The first kappa shape index (κ1) is 17.7. The third-order valence-corrected chi connectivity index (χ3v) is 7.05. The highest BCUT2D eigenvalue weighted by molar-refractivity contribution is 7.91. The number of sulfonamides is 1. The zero-order chi connectivity index (χ0) is 16.2. The van der Waals surface area contributed by atoms with E-state index in [0.29, 0.717) is 43.3 Å². The molecule has 1 amide bonds. The standard InChI is InChI=1S/C13H19ClN2O4S2/c1-20-9-3-7-15-13(17)10-4-2-8-16(10)22(18,19)12-6-5-11(14)21-12/h5-6,10H,2-4,7-9H2,1H3,(H,15,17). The second-order valence-corrected chi connectivity index (χ2v) is 8.80. The van der Waals surface area contributed by atoms with Gasteiger partial charge in [0.1, 0.15) is 10.3 Å². The zero-order valence-electron chi connectivity index (χ0n) is 12.2. The van der Waals surface area contributed by atoms with Crippen LogP contribution in [-0.4, -0.2) is 51.5 Å². The number of amides is 1. The maximum absolute atomic E-state index is 12.6. The summed E-state index contributed by atoms with van der Waals surface area (Å²) in [6.45, 7) is 1.39. The number of halogens is 1. The van der Waals surface area contributed by atoms with Gasteiger partial charge in [-0.15, -0.1) is 11.3 Å². The lowest BCUT2D eigenvalue weighted by Crippen LogP contribution is -2.46. The molecule has 0 spiro atoms. The van der Waals surface area contributed by atoms with Crippen LogP contribution in [0, 0.1) is 0 Å². The van der Waals surface area contributed by atoms with Gasteiger partial charge in [0.15, 0.2) is 0 Å². The van der Waals surface area contributed by atoms with Crippen molar-refractivity contribution in [3.05, 3.63) is 16.5 Å². The van der Waals surface area contributed by atoms with E-state index in [1.54, 1.807) is 13.2 Å². The molecule has 9 heteroatoms. The average Bonchev–Trinajstić information content (AvgIpc) is 3.12. The van der Waals surface area contributed by atoms with Crippen LogP contribution in [0.5, 0.6) is 0 Å². The van der Waals surface area contributed by atoms with Crippen LogP contribution < -0.4 is 5.32 Å². The summed E-state index contributed by atoms with van der Waals surface area (Å²) < 4.78 is 32.0. The summed E-state index contributed by atoms with van der Waals surface area (Å²) in [6, 6.07) is 2.39. The molecule has 1 aromatic heterocycles. The van der Waals surface area contributed by atoms with Crippen molar-refractivity contribution < 1.29 is 17.9 Å². The van der Waals surface area contributed by atoms with Crippen molar-refractivity contribution in [3.63, 3.8) is 0 Å². The molecule has 1 aliphatic rings. The molecule has 1 atom stereocenters. The van der Waals surface area contributed by atoms with Gasteiger partial charge in [-0.3, -0.25) is 4.79 Å². The Morgan fingerprint density at radius 3 is 2.95 bits per heavy atom. The quantitative estimate of drug-likeness (QED) is 0.745.